The Kier molecular flexibility index (Phi) is 4.50. The van der Waals surface area contributed by atoms with Crippen molar-refractivity contribution >= 4 is 21.7 Å². The van der Waals surface area contributed by atoms with E-state index >= 15 is 0 Å². The number of piperidine rings is 1. The van der Waals surface area contributed by atoms with Gasteiger partial charge >= 0.3 is 0 Å². The Bertz CT molecular complexity index is 948. The van der Waals surface area contributed by atoms with E-state index in [1.807, 2.05) is 0 Å². The highest BCUT2D eigenvalue weighted by Gasteiger charge is 2.40. The van der Waals surface area contributed by atoms with Gasteiger partial charge in [0, 0.05) is 25.6 Å². The van der Waals surface area contributed by atoms with Crippen LogP contribution < -0.4 is 4.90 Å². The van der Waals surface area contributed by atoms with E-state index in [0.717, 1.165) is 19.1 Å². The molecule has 1 saturated carbocycles. The van der Waals surface area contributed by atoms with Gasteiger partial charge in [-0.3, -0.25) is 14.4 Å². The summed E-state index contributed by atoms with van der Waals surface area (Å²) in [5.41, 5.74) is 0. The van der Waals surface area contributed by atoms with Crippen molar-refractivity contribution < 1.29 is 17.7 Å². The zero-order valence-electron chi connectivity index (χ0n) is 15.3. The second-order valence-corrected chi connectivity index (χ2v) is 9.02. The fourth-order valence-electron chi connectivity index (χ4n) is 3.41. The van der Waals surface area contributed by atoms with Gasteiger partial charge in [0.15, 0.2) is 5.82 Å². The van der Waals surface area contributed by atoms with Gasteiger partial charge in [-0.2, -0.15) is 14.4 Å². The Morgan fingerprint density at radius 2 is 2.11 bits per heavy atom. The highest BCUT2D eigenvalue weighted by atomic mass is 32.2. The molecule has 0 N–H and O–H groups in total. The minimum absolute atomic E-state index is 0.103. The predicted octanol–water partition coefficient (Wildman–Crippen LogP) is 0.638. The molecule has 2 aromatic rings. The lowest BCUT2D eigenvalue weighted by atomic mass is 10.0. The number of aryl methyl sites for hydroxylation is 1. The molecule has 1 aliphatic carbocycles. The molecule has 3 heterocycles. The van der Waals surface area contributed by atoms with Crippen LogP contribution in [0.2, 0.25) is 0 Å². The first-order chi connectivity index (χ1) is 12.8. The highest BCUT2D eigenvalue weighted by molar-refractivity contribution is 7.88. The van der Waals surface area contributed by atoms with Crippen molar-refractivity contribution in [2.75, 3.05) is 17.7 Å². The zero-order valence-corrected chi connectivity index (χ0v) is 16.1. The van der Waals surface area contributed by atoms with E-state index in [0.29, 0.717) is 36.9 Å². The maximum atomic E-state index is 13.1. The molecule has 1 aliphatic heterocycles. The Morgan fingerprint density at radius 1 is 1.33 bits per heavy atom. The largest absolute Gasteiger partial charge is 0.338 e. The number of carbonyl (C=O) groups excluding carboxylic acids is 1. The standard InChI is InChI=1S/C16H22N6O4S/c1-20-14(7-8-17-20)21-9-3-4-12(16(21)23)22(27(2,24)25)10-13-18-15(19-26-13)11-5-6-11/h7-8,11-12H,3-6,9-10H2,1-2H3/t12-/m1/s1. The second kappa shape index (κ2) is 6.71. The minimum atomic E-state index is -3.66. The van der Waals surface area contributed by atoms with Gasteiger partial charge in [0.05, 0.1) is 19.0 Å². The van der Waals surface area contributed by atoms with Crippen LogP contribution in [0, 0.1) is 0 Å². The van der Waals surface area contributed by atoms with Gasteiger partial charge < -0.3 is 4.52 Å². The average molecular weight is 394 g/mol. The third kappa shape index (κ3) is 3.61. The zero-order chi connectivity index (χ0) is 19.2. The summed E-state index contributed by atoms with van der Waals surface area (Å²) in [7, 11) is -1.91. The molecule has 2 aromatic heterocycles. The number of sulfonamides is 1. The van der Waals surface area contributed by atoms with Crippen LogP contribution in [0.5, 0.6) is 0 Å². The summed E-state index contributed by atoms with van der Waals surface area (Å²) in [6, 6.07) is 0.935. The van der Waals surface area contributed by atoms with E-state index < -0.39 is 16.1 Å². The van der Waals surface area contributed by atoms with Gasteiger partial charge in [-0.1, -0.05) is 5.16 Å². The summed E-state index contributed by atoms with van der Waals surface area (Å²) in [6.07, 6.45) is 5.89. The minimum Gasteiger partial charge on any atom is -0.338 e. The summed E-state index contributed by atoms with van der Waals surface area (Å²) in [5, 5.41) is 8.03. The first-order valence-electron chi connectivity index (χ1n) is 8.93. The smallest absolute Gasteiger partial charge is 0.246 e. The molecule has 0 spiro atoms. The summed E-state index contributed by atoms with van der Waals surface area (Å²) in [5.74, 6) is 1.52. The molecule has 11 heteroatoms. The third-order valence-corrected chi connectivity index (χ3v) is 6.21. The number of anilines is 1. The van der Waals surface area contributed by atoms with Crippen molar-refractivity contribution in [2.24, 2.45) is 7.05 Å². The van der Waals surface area contributed by atoms with Crippen LogP contribution >= 0.6 is 0 Å². The molecule has 10 nitrogen and oxygen atoms in total. The molecule has 0 bridgehead atoms. The molecule has 0 unspecified atom stereocenters. The Hall–Kier alpha value is -2.27. The molecule has 146 valence electrons. The van der Waals surface area contributed by atoms with Gasteiger partial charge in [0.1, 0.15) is 11.9 Å². The molecule has 1 amide bonds. The lowest BCUT2D eigenvalue weighted by molar-refractivity contribution is -0.123. The topological polar surface area (TPSA) is 114 Å². The summed E-state index contributed by atoms with van der Waals surface area (Å²) >= 11 is 0. The van der Waals surface area contributed by atoms with Crippen molar-refractivity contribution in [3.05, 3.63) is 24.0 Å². The van der Waals surface area contributed by atoms with Crippen molar-refractivity contribution in [3.63, 3.8) is 0 Å². The van der Waals surface area contributed by atoms with Crippen molar-refractivity contribution in [3.8, 4) is 0 Å². The van der Waals surface area contributed by atoms with Crippen LogP contribution in [-0.2, 0) is 28.4 Å². The SMILES string of the molecule is Cn1nccc1N1CCC[C@@H](N(Cc2nc(C3CC3)no2)S(C)(=O)=O)C1=O. The molecular weight excluding hydrogens is 372 g/mol. The normalized spacial score (nSPS) is 21.2. The fourth-order valence-corrected chi connectivity index (χ4v) is 4.42. The van der Waals surface area contributed by atoms with E-state index in [4.69, 9.17) is 4.52 Å². The summed E-state index contributed by atoms with van der Waals surface area (Å²) in [4.78, 5) is 19.0. The van der Waals surface area contributed by atoms with E-state index in [2.05, 4.69) is 15.2 Å². The molecular formula is C16H22N6O4S. The van der Waals surface area contributed by atoms with Gasteiger partial charge in [0.2, 0.25) is 21.8 Å². The van der Waals surface area contributed by atoms with Gasteiger partial charge in [-0.05, 0) is 25.7 Å². The monoisotopic (exact) mass is 394 g/mol. The number of rotatable bonds is 6. The molecule has 4 rings (SSSR count). The first kappa shape index (κ1) is 18.1. The molecule has 27 heavy (non-hydrogen) atoms. The van der Waals surface area contributed by atoms with Crippen LogP contribution in [0.15, 0.2) is 16.8 Å². The Labute approximate surface area is 157 Å². The van der Waals surface area contributed by atoms with Gasteiger partial charge in [0.25, 0.3) is 0 Å². The van der Waals surface area contributed by atoms with Crippen LogP contribution in [0.4, 0.5) is 5.82 Å². The lowest BCUT2D eigenvalue weighted by Gasteiger charge is -2.36. The number of amides is 1. The average Bonchev–Trinajstić information content (AvgIpc) is 3.20. The molecule has 2 fully saturated rings. The molecule has 0 aromatic carbocycles. The number of carbonyl (C=O) groups is 1. The summed E-state index contributed by atoms with van der Waals surface area (Å²) in [6.45, 7) is 0.424. The maximum absolute atomic E-state index is 13.1. The number of hydrogen-bond acceptors (Lipinski definition) is 7. The van der Waals surface area contributed by atoms with Crippen LogP contribution in [-0.4, -0.2) is 57.4 Å². The van der Waals surface area contributed by atoms with E-state index in [9.17, 15) is 13.2 Å². The van der Waals surface area contributed by atoms with E-state index in [-0.39, 0.29) is 18.3 Å². The van der Waals surface area contributed by atoms with E-state index in [1.165, 1.54) is 4.31 Å². The molecule has 0 radical (unpaired) electrons. The van der Waals surface area contributed by atoms with Crippen molar-refractivity contribution in [1.29, 1.82) is 0 Å². The number of hydrogen-bond donors (Lipinski definition) is 0. The molecule has 1 atom stereocenters. The van der Waals surface area contributed by atoms with Crippen LogP contribution in [0.25, 0.3) is 0 Å². The Balaban J connectivity index is 1.59. The lowest BCUT2D eigenvalue weighted by Crippen LogP contribution is -2.54. The quantitative estimate of drug-likeness (QED) is 0.706. The van der Waals surface area contributed by atoms with Gasteiger partial charge in [-0.25, -0.2) is 8.42 Å². The maximum Gasteiger partial charge on any atom is 0.246 e. The van der Waals surface area contributed by atoms with Crippen molar-refractivity contribution in [2.45, 2.75) is 44.2 Å². The van der Waals surface area contributed by atoms with Crippen molar-refractivity contribution in [1.82, 2.24) is 24.2 Å². The third-order valence-electron chi connectivity index (χ3n) is 4.97. The molecule has 1 saturated heterocycles. The van der Waals surface area contributed by atoms with E-state index in [1.54, 1.807) is 28.9 Å². The Morgan fingerprint density at radius 3 is 2.74 bits per heavy atom. The first-order valence-corrected chi connectivity index (χ1v) is 10.8. The fraction of sp³-hybridized carbons (Fsp3) is 0.625. The number of aromatic nitrogens is 4. The van der Waals surface area contributed by atoms with Crippen LogP contribution in [0.1, 0.15) is 43.3 Å². The summed E-state index contributed by atoms with van der Waals surface area (Å²) < 4.78 is 32.9. The number of nitrogens with zero attached hydrogens (tertiary/aromatic N) is 6. The second-order valence-electron chi connectivity index (χ2n) is 7.09. The van der Waals surface area contributed by atoms with Crippen LogP contribution in [0.3, 0.4) is 0 Å². The predicted molar refractivity (Wildman–Crippen MR) is 95.2 cm³/mol. The highest BCUT2D eigenvalue weighted by Crippen LogP contribution is 2.38. The van der Waals surface area contributed by atoms with Gasteiger partial charge in [-0.15, -0.1) is 0 Å². The molecule has 2 aliphatic rings.